The monoisotopic (exact) mass is 190 g/mol. The van der Waals surface area contributed by atoms with Gasteiger partial charge in [0.25, 0.3) is 0 Å². The van der Waals surface area contributed by atoms with Crippen LogP contribution in [0.15, 0.2) is 0 Å². The third-order valence-electron chi connectivity index (χ3n) is 3.18. The summed E-state index contributed by atoms with van der Waals surface area (Å²) in [6.07, 6.45) is -2.38. The van der Waals surface area contributed by atoms with E-state index in [9.17, 15) is 15.3 Å². The van der Waals surface area contributed by atoms with E-state index in [-0.39, 0.29) is 0 Å². The third-order valence-corrected chi connectivity index (χ3v) is 3.18. The van der Waals surface area contributed by atoms with Crippen LogP contribution in [0.4, 0.5) is 0 Å². The summed E-state index contributed by atoms with van der Waals surface area (Å²) in [6, 6.07) is 0. The zero-order valence-corrected chi connectivity index (χ0v) is 8.48. The maximum atomic E-state index is 9.83. The quantitative estimate of drug-likeness (QED) is 0.529. The molecule has 0 radical (unpaired) electrons. The van der Waals surface area contributed by atoms with E-state index in [1.165, 1.54) is 13.8 Å². The minimum atomic E-state index is -1.30. The Labute approximate surface area is 78.1 Å². The van der Waals surface area contributed by atoms with Crippen molar-refractivity contribution in [2.45, 2.75) is 57.2 Å². The Morgan fingerprint density at radius 3 is 2.00 bits per heavy atom. The van der Waals surface area contributed by atoms with Gasteiger partial charge in [-0.3, -0.25) is 0 Å². The summed E-state index contributed by atoms with van der Waals surface area (Å²) in [5, 5.41) is 29.0. The molecule has 0 aromatic carbocycles. The molecule has 0 unspecified atom stereocenters. The van der Waals surface area contributed by atoms with Crippen molar-refractivity contribution in [3.8, 4) is 0 Å². The number of aliphatic hydroxyl groups is 3. The molecule has 1 saturated heterocycles. The number of aliphatic hydroxyl groups excluding tert-OH is 2. The van der Waals surface area contributed by atoms with E-state index < -0.39 is 29.5 Å². The van der Waals surface area contributed by atoms with E-state index >= 15 is 0 Å². The van der Waals surface area contributed by atoms with E-state index in [4.69, 9.17) is 4.74 Å². The van der Waals surface area contributed by atoms with E-state index in [1.54, 1.807) is 13.8 Å². The fourth-order valence-corrected chi connectivity index (χ4v) is 1.69. The van der Waals surface area contributed by atoms with Gasteiger partial charge >= 0.3 is 0 Å². The van der Waals surface area contributed by atoms with Gasteiger partial charge < -0.3 is 20.1 Å². The Kier molecular flexibility index (Phi) is 2.45. The molecular weight excluding hydrogens is 172 g/mol. The van der Waals surface area contributed by atoms with Gasteiger partial charge in [0.2, 0.25) is 0 Å². The van der Waals surface area contributed by atoms with Crippen LogP contribution in [0.3, 0.4) is 0 Å². The molecule has 1 fully saturated rings. The standard InChI is InChI=1S/C9H18O4/c1-5(10)9(4)7(11)8(3,12)6(2)13-9/h5-7,10-12H,1-4H3/t5-,6-,7-,8-,9+/m1/s1. The first-order valence-corrected chi connectivity index (χ1v) is 4.49. The highest BCUT2D eigenvalue weighted by Gasteiger charge is 2.58. The van der Waals surface area contributed by atoms with Crippen molar-refractivity contribution in [1.29, 1.82) is 0 Å². The van der Waals surface area contributed by atoms with Crippen LogP contribution in [0.1, 0.15) is 27.7 Å². The van der Waals surface area contributed by atoms with E-state index in [2.05, 4.69) is 0 Å². The number of hydrogen-bond acceptors (Lipinski definition) is 4. The molecule has 0 aromatic heterocycles. The number of rotatable bonds is 1. The van der Waals surface area contributed by atoms with Gasteiger partial charge in [-0.25, -0.2) is 0 Å². The summed E-state index contributed by atoms with van der Waals surface area (Å²) in [4.78, 5) is 0. The van der Waals surface area contributed by atoms with Crippen molar-refractivity contribution in [3.05, 3.63) is 0 Å². The summed E-state index contributed by atoms with van der Waals surface area (Å²) >= 11 is 0. The topological polar surface area (TPSA) is 69.9 Å². The fourth-order valence-electron chi connectivity index (χ4n) is 1.69. The molecule has 5 atom stereocenters. The maximum Gasteiger partial charge on any atom is 0.120 e. The number of hydrogen-bond donors (Lipinski definition) is 3. The molecule has 0 aromatic rings. The lowest BCUT2D eigenvalue weighted by Gasteiger charge is -2.32. The molecule has 78 valence electrons. The highest BCUT2D eigenvalue weighted by molar-refractivity contribution is 5.07. The number of ether oxygens (including phenoxy) is 1. The Morgan fingerprint density at radius 1 is 1.38 bits per heavy atom. The van der Waals surface area contributed by atoms with Gasteiger partial charge in [0.05, 0.1) is 12.2 Å². The second kappa shape index (κ2) is 2.92. The smallest absolute Gasteiger partial charge is 0.120 e. The summed E-state index contributed by atoms with van der Waals surface area (Å²) in [5.41, 5.74) is -2.38. The zero-order chi connectivity index (χ0) is 10.4. The van der Waals surface area contributed by atoms with Crippen LogP contribution >= 0.6 is 0 Å². The van der Waals surface area contributed by atoms with Gasteiger partial charge in [-0.15, -0.1) is 0 Å². The minimum absolute atomic E-state index is 0.484. The van der Waals surface area contributed by atoms with Crippen LogP contribution in [0.2, 0.25) is 0 Å². The maximum absolute atomic E-state index is 9.83. The van der Waals surface area contributed by atoms with Crippen molar-refractivity contribution >= 4 is 0 Å². The predicted molar refractivity (Wildman–Crippen MR) is 47.3 cm³/mol. The second-order valence-electron chi connectivity index (χ2n) is 4.25. The largest absolute Gasteiger partial charge is 0.390 e. The molecular formula is C9H18O4. The van der Waals surface area contributed by atoms with Gasteiger partial charge in [0, 0.05) is 0 Å². The van der Waals surface area contributed by atoms with Gasteiger partial charge in [0.15, 0.2) is 0 Å². The Balaban J connectivity index is 2.97. The highest BCUT2D eigenvalue weighted by Crippen LogP contribution is 2.39. The molecule has 1 aliphatic heterocycles. The van der Waals surface area contributed by atoms with Crippen molar-refractivity contribution in [3.63, 3.8) is 0 Å². The van der Waals surface area contributed by atoms with Crippen molar-refractivity contribution < 1.29 is 20.1 Å². The van der Waals surface area contributed by atoms with E-state index in [0.717, 1.165) is 0 Å². The molecule has 13 heavy (non-hydrogen) atoms. The Hall–Kier alpha value is -0.160. The molecule has 0 aliphatic carbocycles. The van der Waals surface area contributed by atoms with Crippen molar-refractivity contribution in [1.82, 2.24) is 0 Å². The lowest BCUT2D eigenvalue weighted by atomic mass is 9.84. The van der Waals surface area contributed by atoms with Gasteiger partial charge in [0.1, 0.15) is 17.3 Å². The van der Waals surface area contributed by atoms with Crippen LogP contribution in [-0.2, 0) is 4.74 Å². The van der Waals surface area contributed by atoms with Crippen LogP contribution in [0.25, 0.3) is 0 Å². The summed E-state index contributed by atoms with van der Waals surface area (Å²) in [5.74, 6) is 0. The van der Waals surface area contributed by atoms with Crippen LogP contribution in [0.5, 0.6) is 0 Å². The molecule has 4 nitrogen and oxygen atoms in total. The molecule has 4 heteroatoms. The molecule has 0 bridgehead atoms. The Morgan fingerprint density at radius 2 is 1.85 bits per heavy atom. The van der Waals surface area contributed by atoms with E-state index in [1.807, 2.05) is 0 Å². The zero-order valence-electron chi connectivity index (χ0n) is 8.48. The normalized spacial score (nSPS) is 53.8. The second-order valence-corrected chi connectivity index (χ2v) is 4.25. The summed E-state index contributed by atoms with van der Waals surface area (Å²) in [6.45, 7) is 6.32. The fraction of sp³-hybridized carbons (Fsp3) is 1.00. The Bertz CT molecular complexity index is 202. The summed E-state index contributed by atoms with van der Waals surface area (Å²) < 4.78 is 5.39. The van der Waals surface area contributed by atoms with Gasteiger partial charge in [-0.2, -0.15) is 0 Å². The van der Waals surface area contributed by atoms with Gasteiger partial charge in [-0.1, -0.05) is 0 Å². The van der Waals surface area contributed by atoms with Crippen molar-refractivity contribution in [2.75, 3.05) is 0 Å². The first kappa shape index (κ1) is 10.9. The molecule has 0 saturated carbocycles. The average Bonchev–Trinajstić information content (AvgIpc) is 2.14. The molecule has 1 heterocycles. The molecule has 1 rings (SSSR count). The molecule has 1 aliphatic rings. The average molecular weight is 190 g/mol. The molecule has 0 amide bonds. The van der Waals surface area contributed by atoms with Crippen LogP contribution in [0, 0.1) is 0 Å². The van der Waals surface area contributed by atoms with E-state index in [0.29, 0.717) is 0 Å². The lowest BCUT2D eigenvalue weighted by Crippen LogP contribution is -2.52. The van der Waals surface area contributed by atoms with Gasteiger partial charge in [-0.05, 0) is 27.7 Å². The van der Waals surface area contributed by atoms with Crippen LogP contribution in [-0.4, -0.2) is 44.8 Å². The first-order chi connectivity index (χ1) is 5.73. The molecule has 3 N–H and O–H groups in total. The highest BCUT2D eigenvalue weighted by atomic mass is 16.6. The van der Waals surface area contributed by atoms with Crippen LogP contribution < -0.4 is 0 Å². The summed E-state index contributed by atoms with van der Waals surface area (Å²) in [7, 11) is 0. The predicted octanol–water partition coefficient (Wildman–Crippen LogP) is -0.343. The molecule has 0 spiro atoms. The van der Waals surface area contributed by atoms with Crippen molar-refractivity contribution in [2.24, 2.45) is 0 Å². The third kappa shape index (κ3) is 1.38. The lowest BCUT2D eigenvalue weighted by molar-refractivity contribution is -0.131. The minimum Gasteiger partial charge on any atom is -0.390 e. The first-order valence-electron chi connectivity index (χ1n) is 4.49. The SMILES string of the molecule is C[C@H]1O[C@@](C)([C@@H](C)O)[C@H](O)[C@]1(C)O.